The van der Waals surface area contributed by atoms with Crippen LogP contribution in [0.2, 0.25) is 5.02 Å². The van der Waals surface area contributed by atoms with E-state index >= 15 is 0 Å². The number of thiazole rings is 1. The first-order valence-electron chi connectivity index (χ1n) is 14.3. The Morgan fingerprint density at radius 2 is 1.92 bits per heavy atom. The summed E-state index contributed by atoms with van der Waals surface area (Å²) in [7, 11) is 0. The highest BCUT2D eigenvalue weighted by Crippen LogP contribution is 2.55. The molecule has 4 atom stereocenters. The van der Waals surface area contributed by atoms with Gasteiger partial charge in [-0.3, -0.25) is 19.2 Å². The SMILES string of the molecule is C[C@@H](CCC(=O)C(=O)c1ccc(O)c(O)c1Cl)CS[C@]1(C(=O)O)CN2C(=O)[C@@H](CC(=O)/C(=N\OC(C)(C)C(=O)O)c3csc(N)n3)C2S1. The van der Waals surface area contributed by atoms with Crippen molar-refractivity contribution in [2.75, 3.05) is 18.0 Å². The summed E-state index contributed by atoms with van der Waals surface area (Å²) in [5.74, 6) is -7.41. The Balaban J connectivity index is 1.38. The Bertz CT molecular complexity index is 1710. The molecule has 2 aromatic rings. The number of nitrogens with two attached hydrogens (primary N) is 1. The topological polar surface area (TPSA) is 247 Å². The van der Waals surface area contributed by atoms with Gasteiger partial charge in [-0.1, -0.05) is 23.7 Å². The average molecular weight is 743 g/mol. The van der Waals surface area contributed by atoms with Crippen LogP contribution in [-0.4, -0.2) is 98.6 Å². The number of hydrogen-bond donors (Lipinski definition) is 5. The zero-order chi connectivity index (χ0) is 35.7. The smallest absolute Gasteiger partial charge is 0.350 e. The van der Waals surface area contributed by atoms with E-state index in [9.17, 15) is 49.2 Å². The Morgan fingerprint density at radius 3 is 2.52 bits per heavy atom. The molecule has 1 aromatic heterocycles. The first kappa shape index (κ1) is 37.0. The van der Waals surface area contributed by atoms with Crippen molar-refractivity contribution in [2.45, 2.75) is 55.1 Å². The van der Waals surface area contributed by atoms with Gasteiger partial charge in [-0.15, -0.1) is 34.9 Å². The summed E-state index contributed by atoms with van der Waals surface area (Å²) < 4.78 is -1.46. The van der Waals surface area contributed by atoms with Gasteiger partial charge in [0.15, 0.2) is 32.2 Å². The second-order valence-corrected chi connectivity index (χ2v) is 15.9. The summed E-state index contributed by atoms with van der Waals surface area (Å²) in [6, 6.07) is 2.17. The highest BCUT2D eigenvalue weighted by molar-refractivity contribution is 8.19. The molecule has 2 aliphatic heterocycles. The summed E-state index contributed by atoms with van der Waals surface area (Å²) in [4.78, 5) is 86.1. The second kappa shape index (κ2) is 14.3. The van der Waals surface area contributed by atoms with Gasteiger partial charge in [0.05, 0.1) is 22.9 Å². The maximum Gasteiger partial charge on any atom is 0.350 e. The van der Waals surface area contributed by atoms with Crippen LogP contribution in [0.15, 0.2) is 22.7 Å². The lowest BCUT2D eigenvalue weighted by atomic mass is 9.90. The Labute approximate surface area is 290 Å². The monoisotopic (exact) mass is 742 g/mol. The van der Waals surface area contributed by atoms with Crippen molar-refractivity contribution < 1.29 is 54.0 Å². The fraction of sp³-hybridized carbons (Fsp3) is 0.448. The van der Waals surface area contributed by atoms with Gasteiger partial charge < -0.3 is 35.9 Å². The van der Waals surface area contributed by atoms with E-state index in [0.29, 0.717) is 0 Å². The van der Waals surface area contributed by atoms with Crippen molar-refractivity contribution in [3.05, 3.63) is 33.8 Å². The van der Waals surface area contributed by atoms with Crippen molar-refractivity contribution in [1.29, 1.82) is 0 Å². The number of ketones is 3. The highest BCUT2D eigenvalue weighted by Gasteiger charge is 2.62. The number of oxime groups is 1. The largest absolute Gasteiger partial charge is 0.504 e. The van der Waals surface area contributed by atoms with Crippen LogP contribution in [0.3, 0.4) is 0 Å². The lowest BCUT2D eigenvalue weighted by Gasteiger charge is -2.41. The van der Waals surface area contributed by atoms with Crippen LogP contribution in [0.25, 0.3) is 0 Å². The first-order valence-corrected chi connectivity index (χ1v) is 17.4. The van der Waals surface area contributed by atoms with Crippen molar-refractivity contribution in [2.24, 2.45) is 17.0 Å². The van der Waals surface area contributed by atoms with Gasteiger partial charge in [0.25, 0.3) is 0 Å². The molecule has 3 heterocycles. The van der Waals surface area contributed by atoms with Gasteiger partial charge in [-0.25, -0.2) is 14.6 Å². The molecule has 0 saturated carbocycles. The third kappa shape index (κ3) is 7.55. The Kier molecular flexibility index (Phi) is 11.0. The minimum atomic E-state index is -1.78. The maximum absolute atomic E-state index is 13.4. The van der Waals surface area contributed by atoms with Gasteiger partial charge in [-0.05, 0) is 44.1 Å². The number of nitrogen functional groups attached to an aromatic ring is 1. The number of benzene rings is 1. The molecule has 0 radical (unpaired) electrons. The summed E-state index contributed by atoms with van der Waals surface area (Å²) in [5, 5.41) is 43.1. The number of anilines is 1. The van der Waals surface area contributed by atoms with Crippen molar-refractivity contribution >= 4 is 92.5 Å². The minimum absolute atomic E-state index is 0.0420. The average Bonchev–Trinajstić information content (AvgIpc) is 3.62. The summed E-state index contributed by atoms with van der Waals surface area (Å²) in [5.41, 5.74) is 3.39. The number of thioether (sulfide) groups is 2. The number of hydrogen-bond acceptors (Lipinski definition) is 15. The molecule has 1 unspecified atom stereocenters. The normalized spacial score (nSPS) is 21.3. The van der Waals surface area contributed by atoms with Crippen LogP contribution < -0.4 is 5.73 Å². The molecule has 2 fully saturated rings. The zero-order valence-electron chi connectivity index (χ0n) is 25.7. The number of aliphatic carboxylic acids is 2. The molecule has 1 aromatic carbocycles. The molecule has 2 saturated heterocycles. The number of aromatic hydroxyl groups is 2. The molecule has 19 heteroatoms. The van der Waals surface area contributed by atoms with E-state index < -0.39 is 72.7 Å². The van der Waals surface area contributed by atoms with E-state index in [2.05, 4.69) is 10.1 Å². The van der Waals surface area contributed by atoms with Gasteiger partial charge in [-0.2, -0.15) is 0 Å². The predicted molar refractivity (Wildman–Crippen MR) is 177 cm³/mol. The lowest BCUT2D eigenvalue weighted by molar-refractivity contribution is -0.161. The number of carboxylic acids is 2. The molecule has 48 heavy (non-hydrogen) atoms. The van der Waals surface area contributed by atoms with Crippen LogP contribution >= 0.6 is 46.5 Å². The predicted octanol–water partition coefficient (Wildman–Crippen LogP) is 3.25. The molecule has 4 rings (SSSR count). The fourth-order valence-electron chi connectivity index (χ4n) is 4.68. The third-order valence-corrected chi connectivity index (χ3v) is 12.4. The maximum atomic E-state index is 13.4. The molecule has 1 amide bonds. The van der Waals surface area contributed by atoms with Crippen LogP contribution in [0.4, 0.5) is 5.13 Å². The zero-order valence-corrected chi connectivity index (χ0v) is 28.9. The summed E-state index contributed by atoms with van der Waals surface area (Å²) >= 11 is 9.03. The van der Waals surface area contributed by atoms with Gasteiger partial charge >= 0.3 is 11.9 Å². The molecule has 0 spiro atoms. The molecular formula is C29H31ClN4O11S3. The number of carboxylic acid groups (broad SMARTS) is 2. The number of rotatable bonds is 16. The standard InChI is InChI=1S/C29H31ClN4O11S3/c1-12(4-6-16(35)21(38)13-5-7-17(36)22(39)19(13)30)9-47-29(26(43)44)11-34-23(40)14(24(34)48-29)8-18(37)20(15-10-46-27(31)32-15)33-45-28(2,3)25(41)42/h5,7,10,12,14,24,36,39H,4,6,8-9,11H2,1-3H3,(H2,31,32)(H,41,42)(H,43,44)/b33-20-/t12-,14+,24?,29+/m0/s1. The number of Topliss-reactive ketones (excluding diaryl/α,β-unsaturated/α-hetero) is 3. The van der Waals surface area contributed by atoms with Crippen LogP contribution in [0.5, 0.6) is 11.5 Å². The molecule has 0 bridgehead atoms. The number of phenolic OH excluding ortho intramolecular Hbond substituents is 2. The number of aromatic nitrogens is 1. The molecular weight excluding hydrogens is 712 g/mol. The Hall–Kier alpha value is -3.87. The number of phenols is 2. The molecule has 6 N–H and O–H groups in total. The number of carbonyl (C=O) groups excluding carboxylic acids is 4. The first-order chi connectivity index (χ1) is 22.4. The molecule has 15 nitrogen and oxygen atoms in total. The number of carbonyl (C=O) groups is 6. The molecule has 2 aliphatic rings. The molecule has 0 aliphatic carbocycles. The van der Waals surface area contributed by atoms with E-state index in [1.165, 1.54) is 24.1 Å². The minimum Gasteiger partial charge on any atom is -0.504 e. The van der Waals surface area contributed by atoms with E-state index in [0.717, 1.165) is 47.0 Å². The number of β-lactam (4-membered cyclic amide) rings is 1. The fourth-order valence-corrected chi connectivity index (χ4v) is 8.70. The van der Waals surface area contributed by atoms with Crippen molar-refractivity contribution in [1.82, 2.24) is 9.88 Å². The highest BCUT2D eigenvalue weighted by atomic mass is 35.5. The quantitative estimate of drug-likeness (QED) is 0.0414. The van der Waals surface area contributed by atoms with E-state index in [1.807, 2.05) is 0 Å². The van der Waals surface area contributed by atoms with Crippen molar-refractivity contribution in [3.8, 4) is 11.5 Å². The summed E-state index contributed by atoms with van der Waals surface area (Å²) in [6.45, 7) is 4.12. The van der Waals surface area contributed by atoms with Crippen LogP contribution in [0.1, 0.15) is 56.1 Å². The Morgan fingerprint density at radius 1 is 1.23 bits per heavy atom. The van der Waals surface area contributed by atoms with Gasteiger partial charge in [0, 0.05) is 23.8 Å². The number of fused-ring (bicyclic) bond motifs is 1. The molecule has 258 valence electrons. The second-order valence-electron chi connectivity index (χ2n) is 11.7. The third-order valence-electron chi connectivity index (χ3n) is 7.64. The van der Waals surface area contributed by atoms with Crippen LogP contribution in [0, 0.1) is 11.8 Å². The van der Waals surface area contributed by atoms with Gasteiger partial charge in [0.1, 0.15) is 5.69 Å². The summed E-state index contributed by atoms with van der Waals surface area (Å²) in [6.07, 6.45) is -0.312. The van der Waals surface area contributed by atoms with E-state index in [1.54, 1.807) is 6.92 Å². The number of nitrogens with zero attached hydrogens (tertiary/aromatic N) is 3. The number of halogens is 1. The van der Waals surface area contributed by atoms with Crippen molar-refractivity contribution in [3.63, 3.8) is 0 Å². The number of amides is 1. The lowest BCUT2D eigenvalue weighted by Crippen LogP contribution is -2.57. The van der Waals surface area contributed by atoms with Crippen LogP contribution in [-0.2, 0) is 28.8 Å². The van der Waals surface area contributed by atoms with E-state index in [-0.39, 0.29) is 59.6 Å². The van der Waals surface area contributed by atoms with E-state index in [4.69, 9.17) is 22.2 Å². The van der Waals surface area contributed by atoms with Gasteiger partial charge in [0.2, 0.25) is 23.1 Å².